The molecule has 1 aliphatic rings. The number of nitro benzene ring substituents is 1. The van der Waals surface area contributed by atoms with Crippen LogP contribution >= 0.6 is 24.8 Å². The van der Waals surface area contributed by atoms with E-state index in [4.69, 9.17) is 0 Å². The lowest BCUT2D eigenvalue weighted by atomic mass is 10.00. The van der Waals surface area contributed by atoms with Crippen LogP contribution in [0.25, 0.3) is 0 Å². The van der Waals surface area contributed by atoms with Crippen molar-refractivity contribution in [2.24, 2.45) is 0 Å². The average molecular weight is 338 g/mol. The van der Waals surface area contributed by atoms with Crippen LogP contribution in [0, 0.1) is 10.1 Å². The molecule has 0 aromatic heterocycles. The molecule has 1 aromatic carbocycles. The number of piperazine rings is 1. The maximum absolute atomic E-state index is 10.9. The summed E-state index contributed by atoms with van der Waals surface area (Å²) in [5.41, 5.74) is 0.681. The lowest BCUT2D eigenvalue weighted by Gasteiger charge is -2.34. The molecular weight excluding hydrogens is 317 g/mol. The summed E-state index contributed by atoms with van der Waals surface area (Å²) < 4.78 is 0. The zero-order valence-electron chi connectivity index (χ0n) is 11.8. The maximum atomic E-state index is 10.9. The Morgan fingerprint density at radius 2 is 2.00 bits per heavy atom. The van der Waals surface area contributed by atoms with Crippen molar-refractivity contribution in [3.8, 4) is 5.75 Å². The highest BCUT2D eigenvalue weighted by Gasteiger charge is 2.24. The highest BCUT2D eigenvalue weighted by Crippen LogP contribution is 2.33. The van der Waals surface area contributed by atoms with E-state index in [1.807, 2.05) is 6.92 Å². The molecule has 0 saturated carbocycles. The fraction of sp³-hybridized carbons (Fsp3) is 0.538. The quantitative estimate of drug-likeness (QED) is 0.651. The Morgan fingerprint density at radius 1 is 1.38 bits per heavy atom. The summed E-state index contributed by atoms with van der Waals surface area (Å²) in [6.07, 6.45) is 0.814. The van der Waals surface area contributed by atoms with E-state index in [9.17, 15) is 15.2 Å². The Labute approximate surface area is 136 Å². The number of phenols is 1. The topological polar surface area (TPSA) is 78.6 Å². The largest absolute Gasteiger partial charge is 0.508 e. The van der Waals surface area contributed by atoms with E-state index >= 15 is 0 Å². The number of nitrogens with one attached hydrogen (secondary N) is 1. The number of benzene rings is 1. The summed E-state index contributed by atoms with van der Waals surface area (Å²) in [4.78, 5) is 12.7. The molecule has 6 nitrogen and oxygen atoms in total. The summed E-state index contributed by atoms with van der Waals surface area (Å²) in [5, 5.41) is 24.1. The SMILES string of the molecule is CC[C@@H](c1cc([N+](=O)[O-])ccc1O)N1CCNCC1.Cl.Cl. The molecule has 1 heterocycles. The summed E-state index contributed by atoms with van der Waals surface area (Å²) in [5.74, 6) is 0.135. The Bertz CT molecular complexity index is 468. The Morgan fingerprint density at radius 3 is 2.52 bits per heavy atom. The van der Waals surface area contributed by atoms with E-state index in [1.165, 1.54) is 18.2 Å². The van der Waals surface area contributed by atoms with Gasteiger partial charge in [-0.25, -0.2) is 0 Å². The van der Waals surface area contributed by atoms with Gasteiger partial charge in [-0.15, -0.1) is 24.8 Å². The first-order valence-electron chi connectivity index (χ1n) is 6.55. The van der Waals surface area contributed by atoms with Crippen LogP contribution in [-0.2, 0) is 0 Å². The number of nitro groups is 1. The fourth-order valence-electron chi connectivity index (χ4n) is 2.59. The van der Waals surface area contributed by atoms with Gasteiger partial charge in [-0.1, -0.05) is 6.92 Å². The Kier molecular flexibility index (Phi) is 8.58. The van der Waals surface area contributed by atoms with Gasteiger partial charge >= 0.3 is 0 Å². The third kappa shape index (κ3) is 4.71. The summed E-state index contributed by atoms with van der Waals surface area (Å²) in [6, 6.07) is 4.27. The fourth-order valence-corrected chi connectivity index (χ4v) is 2.59. The predicted molar refractivity (Wildman–Crippen MR) is 86.7 cm³/mol. The third-order valence-corrected chi connectivity index (χ3v) is 3.56. The lowest BCUT2D eigenvalue weighted by molar-refractivity contribution is -0.385. The van der Waals surface area contributed by atoms with Gasteiger partial charge in [0.25, 0.3) is 5.69 Å². The average Bonchev–Trinajstić information content (AvgIpc) is 2.42. The summed E-state index contributed by atoms with van der Waals surface area (Å²) in [7, 11) is 0. The van der Waals surface area contributed by atoms with Crippen LogP contribution in [-0.4, -0.2) is 41.1 Å². The van der Waals surface area contributed by atoms with Crippen LogP contribution in [0.1, 0.15) is 24.9 Å². The number of phenolic OH excluding ortho intramolecular Hbond substituents is 1. The van der Waals surface area contributed by atoms with Crippen molar-refractivity contribution >= 4 is 30.5 Å². The second kappa shape index (κ2) is 9.04. The van der Waals surface area contributed by atoms with Gasteiger partial charge in [0.1, 0.15) is 5.75 Å². The minimum Gasteiger partial charge on any atom is -0.508 e. The Balaban J connectivity index is 0.00000200. The molecule has 2 rings (SSSR count). The van der Waals surface area contributed by atoms with E-state index < -0.39 is 4.92 Å². The van der Waals surface area contributed by atoms with Crippen LogP contribution in [0.4, 0.5) is 5.69 Å². The molecule has 0 amide bonds. The molecule has 0 aliphatic carbocycles. The number of rotatable bonds is 4. The number of non-ortho nitro benzene ring substituents is 1. The number of aromatic hydroxyl groups is 1. The van der Waals surface area contributed by atoms with Gasteiger partial charge in [-0.05, 0) is 12.5 Å². The first kappa shape index (κ1) is 19.9. The molecule has 2 N–H and O–H groups in total. The van der Waals surface area contributed by atoms with Crippen molar-refractivity contribution in [3.05, 3.63) is 33.9 Å². The van der Waals surface area contributed by atoms with Gasteiger partial charge in [0.2, 0.25) is 0 Å². The molecule has 1 saturated heterocycles. The molecule has 21 heavy (non-hydrogen) atoms. The molecule has 1 atom stereocenters. The van der Waals surface area contributed by atoms with Crippen LogP contribution in [0.5, 0.6) is 5.75 Å². The van der Waals surface area contributed by atoms with Gasteiger partial charge in [0.05, 0.1) is 4.92 Å². The van der Waals surface area contributed by atoms with E-state index in [2.05, 4.69) is 10.2 Å². The Hall–Kier alpha value is -1.08. The highest BCUT2D eigenvalue weighted by atomic mass is 35.5. The summed E-state index contributed by atoms with van der Waals surface area (Å²) >= 11 is 0. The van der Waals surface area contributed by atoms with Gasteiger partial charge in [-0.3, -0.25) is 15.0 Å². The van der Waals surface area contributed by atoms with Gasteiger partial charge < -0.3 is 10.4 Å². The van der Waals surface area contributed by atoms with E-state index in [0.29, 0.717) is 5.56 Å². The molecule has 0 unspecified atom stereocenters. The molecule has 8 heteroatoms. The molecule has 0 spiro atoms. The standard InChI is InChI=1S/C13H19N3O3.2ClH/c1-2-12(15-7-5-14-6-8-15)11-9-10(16(18)19)3-4-13(11)17;;/h3-4,9,12,14,17H,2,5-8H2,1H3;2*1H/t12-;;/m0../s1. The maximum Gasteiger partial charge on any atom is 0.270 e. The third-order valence-electron chi connectivity index (χ3n) is 3.56. The molecule has 0 bridgehead atoms. The number of halogens is 2. The van der Waals surface area contributed by atoms with Gasteiger partial charge in [0, 0.05) is 49.9 Å². The number of hydrogen-bond donors (Lipinski definition) is 2. The van der Waals surface area contributed by atoms with Crippen molar-refractivity contribution in [3.63, 3.8) is 0 Å². The van der Waals surface area contributed by atoms with Crippen molar-refractivity contribution in [1.29, 1.82) is 0 Å². The molecular formula is C13H21Cl2N3O3. The van der Waals surface area contributed by atoms with E-state index in [1.54, 1.807) is 0 Å². The highest BCUT2D eigenvalue weighted by molar-refractivity contribution is 5.85. The van der Waals surface area contributed by atoms with Crippen LogP contribution < -0.4 is 5.32 Å². The first-order chi connectivity index (χ1) is 9.13. The normalized spacial score (nSPS) is 16.4. The zero-order valence-corrected chi connectivity index (χ0v) is 13.5. The second-order valence-electron chi connectivity index (χ2n) is 4.71. The van der Waals surface area contributed by atoms with Crippen molar-refractivity contribution in [1.82, 2.24) is 10.2 Å². The zero-order chi connectivity index (χ0) is 13.8. The van der Waals surface area contributed by atoms with Crippen LogP contribution in [0.15, 0.2) is 18.2 Å². The van der Waals surface area contributed by atoms with Gasteiger partial charge in [0.15, 0.2) is 0 Å². The summed E-state index contributed by atoms with van der Waals surface area (Å²) in [6.45, 7) is 5.63. The first-order valence-corrected chi connectivity index (χ1v) is 6.55. The molecule has 1 aliphatic heterocycles. The molecule has 1 aromatic rings. The van der Waals surface area contributed by atoms with Crippen molar-refractivity contribution in [2.75, 3.05) is 26.2 Å². The minimum atomic E-state index is -0.423. The lowest BCUT2D eigenvalue weighted by Crippen LogP contribution is -2.45. The monoisotopic (exact) mass is 337 g/mol. The van der Waals surface area contributed by atoms with E-state index in [-0.39, 0.29) is 42.3 Å². The van der Waals surface area contributed by atoms with Crippen molar-refractivity contribution < 1.29 is 10.0 Å². The number of hydrogen-bond acceptors (Lipinski definition) is 5. The molecule has 0 radical (unpaired) electrons. The second-order valence-corrected chi connectivity index (χ2v) is 4.71. The minimum absolute atomic E-state index is 0. The smallest absolute Gasteiger partial charge is 0.270 e. The molecule has 1 fully saturated rings. The van der Waals surface area contributed by atoms with E-state index in [0.717, 1.165) is 32.6 Å². The van der Waals surface area contributed by atoms with Crippen LogP contribution in [0.2, 0.25) is 0 Å². The van der Waals surface area contributed by atoms with Crippen LogP contribution in [0.3, 0.4) is 0 Å². The van der Waals surface area contributed by atoms with Crippen molar-refractivity contribution in [2.45, 2.75) is 19.4 Å². The predicted octanol–water partition coefficient (Wildman–Crippen LogP) is 2.50. The number of nitrogens with zero attached hydrogens (tertiary/aromatic N) is 2. The van der Waals surface area contributed by atoms with Gasteiger partial charge in [-0.2, -0.15) is 0 Å². The molecule has 120 valence electrons.